The summed E-state index contributed by atoms with van der Waals surface area (Å²) in [4.78, 5) is 17.5. The first-order chi connectivity index (χ1) is 12.4. The van der Waals surface area contributed by atoms with Gasteiger partial charge in [0.1, 0.15) is 6.79 Å². The van der Waals surface area contributed by atoms with Gasteiger partial charge in [0.05, 0.1) is 31.8 Å². The average Bonchev–Trinajstić information content (AvgIpc) is 2.66. The van der Waals surface area contributed by atoms with E-state index in [1.807, 2.05) is 37.3 Å². The molecule has 148 valence electrons. The predicted octanol–water partition coefficient (Wildman–Crippen LogP) is 3.26. The fourth-order valence-corrected chi connectivity index (χ4v) is 2.65. The van der Waals surface area contributed by atoms with Crippen LogP contribution < -0.4 is 0 Å². The van der Waals surface area contributed by atoms with Crippen LogP contribution in [0.1, 0.15) is 32.8 Å². The Morgan fingerprint density at radius 2 is 1.69 bits per heavy atom. The molecule has 1 aromatic rings. The predicted molar refractivity (Wildman–Crippen MR) is 100 cm³/mol. The molecule has 0 N–H and O–H groups in total. The fraction of sp³-hybridized carbons (Fsp3) is 0.650. The van der Waals surface area contributed by atoms with Crippen molar-refractivity contribution in [2.24, 2.45) is 11.8 Å². The van der Waals surface area contributed by atoms with Crippen LogP contribution in [0.2, 0.25) is 0 Å². The third kappa shape index (κ3) is 7.41. The Kier molecular flexibility index (Phi) is 10.4. The van der Waals surface area contributed by atoms with Gasteiger partial charge in [-0.1, -0.05) is 51.1 Å². The summed E-state index contributed by atoms with van der Waals surface area (Å²) in [6.45, 7) is 6.71. The van der Waals surface area contributed by atoms with E-state index < -0.39 is 0 Å². The molecule has 3 atom stereocenters. The van der Waals surface area contributed by atoms with Crippen molar-refractivity contribution in [1.82, 2.24) is 5.06 Å². The van der Waals surface area contributed by atoms with E-state index in [0.717, 1.165) is 5.56 Å². The Morgan fingerprint density at radius 3 is 2.23 bits per heavy atom. The van der Waals surface area contributed by atoms with E-state index in [1.54, 1.807) is 14.2 Å². The SMILES string of the molecule is COCO[C@H](C[C@H](OCc1ccccc1)C(C)C)[C@H](C)C(=O)N(C)OC. The van der Waals surface area contributed by atoms with Crippen LogP contribution in [-0.4, -0.2) is 51.2 Å². The second-order valence-corrected chi connectivity index (χ2v) is 6.73. The highest BCUT2D eigenvalue weighted by Gasteiger charge is 2.31. The summed E-state index contributed by atoms with van der Waals surface area (Å²) in [7, 11) is 4.63. The van der Waals surface area contributed by atoms with Crippen LogP contribution in [0.3, 0.4) is 0 Å². The van der Waals surface area contributed by atoms with E-state index >= 15 is 0 Å². The molecular formula is C20H33NO5. The van der Waals surface area contributed by atoms with Gasteiger partial charge in [-0.25, -0.2) is 5.06 Å². The molecule has 0 aliphatic carbocycles. The highest BCUT2D eigenvalue weighted by Crippen LogP contribution is 2.23. The van der Waals surface area contributed by atoms with Crippen LogP contribution in [0.5, 0.6) is 0 Å². The van der Waals surface area contributed by atoms with Gasteiger partial charge >= 0.3 is 0 Å². The summed E-state index contributed by atoms with van der Waals surface area (Å²) in [5, 5.41) is 1.23. The van der Waals surface area contributed by atoms with Gasteiger partial charge in [0.15, 0.2) is 0 Å². The topological polar surface area (TPSA) is 57.2 Å². The smallest absolute Gasteiger partial charge is 0.251 e. The van der Waals surface area contributed by atoms with Gasteiger partial charge in [0, 0.05) is 20.6 Å². The van der Waals surface area contributed by atoms with Crippen molar-refractivity contribution in [2.45, 2.75) is 46.0 Å². The summed E-state index contributed by atoms with van der Waals surface area (Å²) in [6, 6.07) is 10.0. The van der Waals surface area contributed by atoms with E-state index in [2.05, 4.69) is 13.8 Å². The summed E-state index contributed by atoms with van der Waals surface area (Å²) < 4.78 is 17.0. The second kappa shape index (κ2) is 12.0. The number of hydrogen-bond donors (Lipinski definition) is 0. The van der Waals surface area contributed by atoms with E-state index in [1.165, 1.54) is 12.2 Å². The molecule has 26 heavy (non-hydrogen) atoms. The van der Waals surface area contributed by atoms with Gasteiger partial charge in [-0.05, 0) is 11.5 Å². The molecule has 6 heteroatoms. The Labute approximate surface area is 157 Å². The van der Waals surface area contributed by atoms with Gasteiger partial charge in [0.2, 0.25) is 0 Å². The van der Waals surface area contributed by atoms with Crippen molar-refractivity contribution in [1.29, 1.82) is 0 Å². The molecule has 0 saturated heterocycles. The molecule has 0 aromatic heterocycles. The van der Waals surface area contributed by atoms with E-state index in [0.29, 0.717) is 13.0 Å². The van der Waals surface area contributed by atoms with Crippen LogP contribution >= 0.6 is 0 Å². The van der Waals surface area contributed by atoms with Crippen molar-refractivity contribution in [3.63, 3.8) is 0 Å². The second-order valence-electron chi connectivity index (χ2n) is 6.73. The lowest BCUT2D eigenvalue weighted by atomic mass is 9.93. The Morgan fingerprint density at radius 1 is 1.04 bits per heavy atom. The molecule has 0 spiro atoms. The van der Waals surface area contributed by atoms with E-state index in [9.17, 15) is 4.79 Å². The van der Waals surface area contributed by atoms with Gasteiger partial charge in [-0.3, -0.25) is 9.63 Å². The molecular weight excluding hydrogens is 334 g/mol. The summed E-state index contributed by atoms with van der Waals surface area (Å²) in [6.07, 6.45) is 0.224. The fourth-order valence-electron chi connectivity index (χ4n) is 2.65. The summed E-state index contributed by atoms with van der Waals surface area (Å²) in [5.41, 5.74) is 1.12. The first kappa shape index (κ1) is 22.6. The van der Waals surface area contributed by atoms with Gasteiger partial charge < -0.3 is 14.2 Å². The molecule has 0 bridgehead atoms. The zero-order valence-electron chi connectivity index (χ0n) is 16.8. The molecule has 0 heterocycles. The highest BCUT2D eigenvalue weighted by atomic mass is 16.7. The first-order valence-corrected chi connectivity index (χ1v) is 8.98. The number of carbonyl (C=O) groups excluding carboxylic acids is 1. The van der Waals surface area contributed by atoms with Gasteiger partial charge in [-0.15, -0.1) is 0 Å². The maximum absolute atomic E-state index is 12.4. The van der Waals surface area contributed by atoms with Crippen LogP contribution in [0, 0.1) is 11.8 Å². The molecule has 0 radical (unpaired) electrons. The normalized spacial score (nSPS) is 14.9. The minimum Gasteiger partial charge on any atom is -0.373 e. The van der Waals surface area contributed by atoms with Gasteiger partial charge in [-0.2, -0.15) is 0 Å². The lowest BCUT2D eigenvalue weighted by molar-refractivity contribution is -0.182. The van der Waals surface area contributed by atoms with Crippen LogP contribution in [0.4, 0.5) is 0 Å². The van der Waals surface area contributed by atoms with Crippen molar-refractivity contribution < 1.29 is 23.8 Å². The van der Waals surface area contributed by atoms with Crippen LogP contribution in [0.15, 0.2) is 30.3 Å². The molecule has 0 unspecified atom stereocenters. The number of ether oxygens (including phenoxy) is 3. The van der Waals surface area contributed by atoms with Crippen LogP contribution in [-0.2, 0) is 30.4 Å². The van der Waals surface area contributed by atoms with E-state index in [-0.39, 0.29) is 36.7 Å². The molecule has 0 aliphatic rings. The molecule has 0 saturated carbocycles. The zero-order chi connectivity index (χ0) is 19.5. The lowest BCUT2D eigenvalue weighted by Crippen LogP contribution is -2.40. The Balaban J connectivity index is 2.77. The first-order valence-electron chi connectivity index (χ1n) is 8.98. The third-order valence-electron chi connectivity index (χ3n) is 4.45. The number of hydroxylamine groups is 2. The molecule has 0 fully saturated rings. The molecule has 1 rings (SSSR count). The number of rotatable bonds is 12. The van der Waals surface area contributed by atoms with Gasteiger partial charge in [0.25, 0.3) is 5.91 Å². The minimum absolute atomic E-state index is 0.0415. The standard InChI is InChI=1S/C20H33NO5/c1-15(2)18(25-13-17-10-8-7-9-11-17)12-19(26-14-23-5)16(3)20(22)21(4)24-6/h7-11,15-16,18-19H,12-14H2,1-6H3/t16-,18-,19+/m0/s1. The highest BCUT2D eigenvalue weighted by molar-refractivity contribution is 5.77. The average molecular weight is 367 g/mol. The molecule has 1 amide bonds. The van der Waals surface area contributed by atoms with Crippen molar-refractivity contribution in [3.8, 4) is 0 Å². The quantitative estimate of drug-likeness (QED) is 0.419. The van der Waals surface area contributed by atoms with Crippen molar-refractivity contribution >= 4 is 5.91 Å². The molecule has 1 aromatic carbocycles. The third-order valence-corrected chi connectivity index (χ3v) is 4.45. The van der Waals surface area contributed by atoms with Crippen LogP contribution in [0.25, 0.3) is 0 Å². The number of hydrogen-bond acceptors (Lipinski definition) is 5. The zero-order valence-corrected chi connectivity index (χ0v) is 16.8. The summed E-state index contributed by atoms with van der Waals surface area (Å²) >= 11 is 0. The Bertz CT molecular complexity index is 508. The number of nitrogens with zero attached hydrogens (tertiary/aromatic N) is 1. The summed E-state index contributed by atoms with van der Waals surface area (Å²) in [5.74, 6) is -0.231. The van der Waals surface area contributed by atoms with Crippen molar-refractivity contribution in [2.75, 3.05) is 28.1 Å². The monoisotopic (exact) mass is 367 g/mol. The number of benzene rings is 1. The number of carbonyl (C=O) groups is 1. The van der Waals surface area contributed by atoms with Crippen molar-refractivity contribution in [3.05, 3.63) is 35.9 Å². The maximum atomic E-state index is 12.4. The van der Waals surface area contributed by atoms with E-state index in [4.69, 9.17) is 19.0 Å². The number of amides is 1. The number of methoxy groups -OCH3 is 1. The maximum Gasteiger partial charge on any atom is 0.251 e. The molecule has 0 aliphatic heterocycles. The Hall–Kier alpha value is -1.47. The largest absolute Gasteiger partial charge is 0.373 e. The molecule has 6 nitrogen and oxygen atoms in total. The lowest BCUT2D eigenvalue weighted by Gasteiger charge is -2.31. The minimum atomic E-state index is -0.378.